The van der Waals surface area contributed by atoms with Crippen molar-refractivity contribution >= 4 is 23.2 Å². The molecule has 0 radical (unpaired) electrons. The third-order valence-corrected chi connectivity index (χ3v) is 4.82. The van der Waals surface area contributed by atoms with E-state index in [-0.39, 0.29) is 37.6 Å². The molecule has 3 aromatic rings. The van der Waals surface area contributed by atoms with Crippen molar-refractivity contribution in [3.63, 3.8) is 0 Å². The molecule has 0 unspecified atom stereocenters. The van der Waals surface area contributed by atoms with Gasteiger partial charge >= 0.3 is 0 Å². The highest BCUT2D eigenvalue weighted by atomic mass is 35.5. The summed E-state index contributed by atoms with van der Waals surface area (Å²) in [7, 11) is 0. The van der Waals surface area contributed by atoms with E-state index in [0.29, 0.717) is 16.4 Å². The number of pyridine rings is 1. The Hall–Kier alpha value is -4.02. The first kappa shape index (κ1) is 22.7. The van der Waals surface area contributed by atoms with Gasteiger partial charge in [0, 0.05) is 21.7 Å². The molecular formula is C19H17ClN8O4. The van der Waals surface area contributed by atoms with Gasteiger partial charge in [0.05, 0.1) is 18.3 Å². The molecule has 0 fully saturated rings. The van der Waals surface area contributed by atoms with Crippen LogP contribution in [0.5, 0.6) is 5.75 Å². The van der Waals surface area contributed by atoms with Crippen LogP contribution in [-0.2, 0) is 13.2 Å². The van der Waals surface area contributed by atoms with E-state index in [0.717, 1.165) is 5.56 Å². The van der Waals surface area contributed by atoms with Crippen LogP contribution in [0.4, 0.5) is 0 Å². The van der Waals surface area contributed by atoms with E-state index in [9.17, 15) is 14.6 Å². The number of nitrogens with one attached hydrogen (secondary N) is 1. The number of carbonyl (C=O) groups excluding carboxylic acids is 1. The summed E-state index contributed by atoms with van der Waals surface area (Å²) < 4.78 is 7.35. The molecule has 3 rings (SSSR count). The zero-order valence-electron chi connectivity index (χ0n) is 16.6. The van der Waals surface area contributed by atoms with Gasteiger partial charge in [0.2, 0.25) is 0 Å². The second-order valence-corrected chi connectivity index (χ2v) is 6.94. The number of aromatic nitrogens is 2. The summed E-state index contributed by atoms with van der Waals surface area (Å²) in [4.78, 5) is 41.3. The molecule has 0 saturated carbocycles. The maximum atomic E-state index is 12.9. The molecule has 1 N–H and O–H groups in total. The average molecular weight is 457 g/mol. The van der Waals surface area contributed by atoms with E-state index in [2.05, 4.69) is 30.7 Å². The number of rotatable bonds is 11. The standard InChI is InChI=1S/C19H17ClN8O4/c20-14-5-2-1-4-12(14)11-32-16-6-3-7-28-17(15(10-22-27-21)26-18(16)28)19(29)25-13(8-23-30)9-24-31/h1-7,13H,8-11H2,(H,25,29). The number of hydrogen-bond donors (Lipinski definition) is 1. The van der Waals surface area contributed by atoms with Crippen LogP contribution in [0, 0.1) is 9.81 Å². The molecule has 1 amide bonds. The molecule has 32 heavy (non-hydrogen) atoms. The Balaban J connectivity index is 1.97. The van der Waals surface area contributed by atoms with Crippen molar-refractivity contribution in [2.24, 2.45) is 15.5 Å². The maximum Gasteiger partial charge on any atom is 0.270 e. The van der Waals surface area contributed by atoms with E-state index >= 15 is 0 Å². The quantitative estimate of drug-likeness (QED) is 0.199. The minimum absolute atomic E-state index is 0.0670. The van der Waals surface area contributed by atoms with Crippen molar-refractivity contribution in [2.75, 3.05) is 13.1 Å². The van der Waals surface area contributed by atoms with Crippen LogP contribution < -0.4 is 10.1 Å². The normalized spacial score (nSPS) is 10.6. The molecule has 0 saturated heterocycles. The summed E-state index contributed by atoms with van der Waals surface area (Å²) in [5.74, 6) is -0.268. The lowest BCUT2D eigenvalue weighted by atomic mass is 10.2. The van der Waals surface area contributed by atoms with Crippen LogP contribution in [0.3, 0.4) is 0 Å². The molecule has 1 aromatic carbocycles. The smallest absolute Gasteiger partial charge is 0.270 e. The van der Waals surface area contributed by atoms with Gasteiger partial charge in [-0.25, -0.2) is 4.98 Å². The number of hydrogen-bond acceptors (Lipinski definition) is 8. The zero-order chi connectivity index (χ0) is 22.9. The number of nitroso groups, excluding NO2 is 2. The van der Waals surface area contributed by atoms with E-state index in [1.54, 1.807) is 24.4 Å². The highest BCUT2D eigenvalue weighted by Crippen LogP contribution is 2.25. The third-order valence-electron chi connectivity index (χ3n) is 4.45. The predicted molar refractivity (Wildman–Crippen MR) is 116 cm³/mol. The van der Waals surface area contributed by atoms with Gasteiger partial charge in [-0.1, -0.05) is 45.3 Å². The fourth-order valence-corrected chi connectivity index (χ4v) is 3.20. The second-order valence-electron chi connectivity index (χ2n) is 6.54. The molecule has 0 aliphatic heterocycles. The van der Waals surface area contributed by atoms with Gasteiger partial charge in [0.25, 0.3) is 5.91 Å². The van der Waals surface area contributed by atoms with E-state index in [1.807, 2.05) is 18.2 Å². The number of benzene rings is 1. The summed E-state index contributed by atoms with van der Waals surface area (Å²) in [6.07, 6.45) is 1.59. The molecule has 2 heterocycles. The largest absolute Gasteiger partial charge is 0.485 e. The van der Waals surface area contributed by atoms with E-state index in [4.69, 9.17) is 21.9 Å². The topological polar surface area (TPSA) is 163 Å². The van der Waals surface area contributed by atoms with E-state index < -0.39 is 11.9 Å². The third kappa shape index (κ3) is 5.17. The number of halogens is 1. The lowest BCUT2D eigenvalue weighted by molar-refractivity contribution is 0.0932. The van der Waals surface area contributed by atoms with Crippen molar-refractivity contribution in [3.05, 3.63) is 84.8 Å². The SMILES string of the molecule is [N-]=[N+]=NCc1nc2c(OCc3ccccc3Cl)cccn2c1C(=O)NC(CN=O)CN=O. The van der Waals surface area contributed by atoms with Crippen molar-refractivity contribution in [1.29, 1.82) is 0 Å². The number of carbonyl (C=O) groups is 1. The van der Waals surface area contributed by atoms with Gasteiger partial charge in [-0.2, -0.15) is 9.81 Å². The van der Waals surface area contributed by atoms with Gasteiger partial charge in [0.1, 0.15) is 25.4 Å². The van der Waals surface area contributed by atoms with Crippen LogP contribution >= 0.6 is 11.6 Å². The Bertz CT molecular complexity index is 1180. The second kappa shape index (κ2) is 10.8. The summed E-state index contributed by atoms with van der Waals surface area (Å²) in [6, 6.07) is 9.66. The molecule has 164 valence electrons. The van der Waals surface area contributed by atoms with Crippen LogP contribution in [0.2, 0.25) is 5.02 Å². The number of fused-ring (bicyclic) bond motifs is 1. The van der Waals surface area contributed by atoms with Crippen molar-refractivity contribution < 1.29 is 9.53 Å². The highest BCUT2D eigenvalue weighted by Gasteiger charge is 2.23. The number of amides is 1. The Morgan fingerprint density at radius 1 is 1.22 bits per heavy atom. The predicted octanol–water partition coefficient (Wildman–Crippen LogP) is 4.01. The van der Waals surface area contributed by atoms with Crippen molar-refractivity contribution in [2.45, 2.75) is 19.2 Å². The fraction of sp³-hybridized carbons (Fsp3) is 0.263. The number of imidazole rings is 1. The minimum Gasteiger partial charge on any atom is -0.485 e. The molecule has 0 bridgehead atoms. The van der Waals surface area contributed by atoms with Crippen molar-refractivity contribution in [3.8, 4) is 5.75 Å². The molecule has 0 atom stereocenters. The molecule has 0 spiro atoms. The highest BCUT2D eigenvalue weighted by molar-refractivity contribution is 6.31. The maximum absolute atomic E-state index is 12.9. The molecule has 13 heteroatoms. The summed E-state index contributed by atoms with van der Waals surface area (Å²) >= 11 is 6.18. The van der Waals surface area contributed by atoms with Gasteiger partial charge in [-0.05, 0) is 23.7 Å². The van der Waals surface area contributed by atoms with Gasteiger partial charge in [-0.3, -0.25) is 9.20 Å². The minimum atomic E-state index is -0.880. The summed E-state index contributed by atoms with van der Waals surface area (Å²) in [5, 5.41) is 12.0. The molecule has 12 nitrogen and oxygen atoms in total. The van der Waals surface area contributed by atoms with Crippen LogP contribution in [-0.4, -0.2) is 34.4 Å². The van der Waals surface area contributed by atoms with Crippen molar-refractivity contribution in [1.82, 2.24) is 14.7 Å². The fourth-order valence-electron chi connectivity index (χ4n) is 3.01. The number of nitrogens with zero attached hydrogens (tertiary/aromatic N) is 7. The first-order chi connectivity index (χ1) is 15.6. The molecule has 0 aliphatic carbocycles. The average Bonchev–Trinajstić information content (AvgIpc) is 3.16. The number of azide groups is 1. The Morgan fingerprint density at radius 2 is 1.97 bits per heavy atom. The summed E-state index contributed by atoms with van der Waals surface area (Å²) in [6.45, 7) is -0.691. The Kier molecular flexibility index (Phi) is 7.68. The van der Waals surface area contributed by atoms with Gasteiger partial charge < -0.3 is 10.1 Å². The number of ether oxygens (including phenoxy) is 1. The molecule has 0 aliphatic rings. The first-order valence-electron chi connectivity index (χ1n) is 9.35. The summed E-state index contributed by atoms with van der Waals surface area (Å²) in [5.41, 5.74) is 10.0. The Labute approximate surface area is 186 Å². The van der Waals surface area contributed by atoms with Gasteiger partial charge in [-0.15, -0.1) is 0 Å². The lowest BCUT2D eigenvalue weighted by Gasteiger charge is -2.13. The lowest BCUT2D eigenvalue weighted by Crippen LogP contribution is -2.40. The zero-order valence-corrected chi connectivity index (χ0v) is 17.3. The van der Waals surface area contributed by atoms with Crippen LogP contribution in [0.25, 0.3) is 16.1 Å². The molecule has 2 aromatic heterocycles. The monoisotopic (exact) mass is 456 g/mol. The van der Waals surface area contributed by atoms with Crippen LogP contribution in [0.15, 0.2) is 58.1 Å². The van der Waals surface area contributed by atoms with E-state index in [1.165, 1.54) is 4.40 Å². The molecular weight excluding hydrogens is 440 g/mol. The first-order valence-corrected chi connectivity index (χ1v) is 9.73. The van der Waals surface area contributed by atoms with Gasteiger partial charge in [0.15, 0.2) is 11.4 Å². The Morgan fingerprint density at radius 3 is 2.66 bits per heavy atom. The van der Waals surface area contributed by atoms with Crippen LogP contribution in [0.1, 0.15) is 21.7 Å².